The first-order chi connectivity index (χ1) is 10.1. The SMILES string of the molecule is Fc1ccc(NNC(=S)NCCc2ccccc2)c(F)c1. The summed E-state index contributed by atoms with van der Waals surface area (Å²) in [4.78, 5) is 0. The number of halogens is 2. The van der Waals surface area contributed by atoms with Crippen LogP contribution < -0.4 is 16.2 Å². The maximum Gasteiger partial charge on any atom is 0.185 e. The highest BCUT2D eigenvalue weighted by atomic mass is 32.1. The summed E-state index contributed by atoms with van der Waals surface area (Å²) in [6.07, 6.45) is 0.827. The Labute approximate surface area is 127 Å². The molecular weight excluding hydrogens is 292 g/mol. The van der Waals surface area contributed by atoms with E-state index in [4.69, 9.17) is 12.2 Å². The first kappa shape index (κ1) is 15.2. The fourth-order valence-corrected chi connectivity index (χ4v) is 1.88. The lowest BCUT2D eigenvalue weighted by Gasteiger charge is -2.13. The van der Waals surface area contributed by atoms with Crippen molar-refractivity contribution in [3.8, 4) is 0 Å². The molecule has 110 valence electrons. The van der Waals surface area contributed by atoms with Crippen LogP contribution in [0.1, 0.15) is 5.56 Å². The van der Waals surface area contributed by atoms with Crippen molar-refractivity contribution in [3.63, 3.8) is 0 Å². The van der Waals surface area contributed by atoms with E-state index in [9.17, 15) is 8.78 Å². The van der Waals surface area contributed by atoms with Crippen LogP contribution in [0.15, 0.2) is 48.5 Å². The lowest BCUT2D eigenvalue weighted by molar-refractivity contribution is 0.584. The highest BCUT2D eigenvalue weighted by Gasteiger charge is 2.03. The van der Waals surface area contributed by atoms with Crippen molar-refractivity contribution in [2.75, 3.05) is 12.0 Å². The van der Waals surface area contributed by atoms with Gasteiger partial charge in [-0.25, -0.2) is 8.78 Å². The Bertz CT molecular complexity index is 605. The molecule has 0 spiro atoms. The minimum Gasteiger partial charge on any atom is -0.361 e. The van der Waals surface area contributed by atoms with E-state index < -0.39 is 11.6 Å². The maximum atomic E-state index is 13.4. The molecule has 2 aromatic carbocycles. The summed E-state index contributed by atoms with van der Waals surface area (Å²) in [6.45, 7) is 0.656. The van der Waals surface area contributed by atoms with Crippen LogP contribution in [-0.2, 0) is 6.42 Å². The lowest BCUT2D eigenvalue weighted by atomic mass is 10.1. The second-order valence-electron chi connectivity index (χ2n) is 4.37. The van der Waals surface area contributed by atoms with Crippen LogP contribution in [0.2, 0.25) is 0 Å². The highest BCUT2D eigenvalue weighted by Crippen LogP contribution is 2.13. The van der Waals surface area contributed by atoms with Crippen LogP contribution in [0.3, 0.4) is 0 Å². The lowest BCUT2D eigenvalue weighted by Crippen LogP contribution is -2.39. The third kappa shape index (κ3) is 5.00. The molecule has 0 fully saturated rings. The van der Waals surface area contributed by atoms with Gasteiger partial charge in [0.25, 0.3) is 0 Å². The molecule has 21 heavy (non-hydrogen) atoms. The zero-order valence-corrected chi connectivity index (χ0v) is 12.0. The molecule has 3 N–H and O–H groups in total. The third-order valence-electron chi connectivity index (χ3n) is 2.78. The van der Waals surface area contributed by atoms with Crippen LogP contribution in [0.5, 0.6) is 0 Å². The average molecular weight is 307 g/mol. The average Bonchev–Trinajstić information content (AvgIpc) is 2.47. The Morgan fingerprint density at radius 2 is 1.81 bits per heavy atom. The molecule has 0 saturated heterocycles. The van der Waals surface area contributed by atoms with E-state index in [1.54, 1.807) is 0 Å². The molecule has 0 heterocycles. The summed E-state index contributed by atoms with van der Waals surface area (Å²) in [6, 6.07) is 13.2. The number of nitrogens with one attached hydrogen (secondary N) is 3. The molecule has 2 aromatic rings. The molecule has 0 aliphatic rings. The van der Waals surface area contributed by atoms with Crippen molar-refractivity contribution in [3.05, 3.63) is 65.7 Å². The molecule has 0 amide bonds. The van der Waals surface area contributed by atoms with Gasteiger partial charge in [-0.1, -0.05) is 30.3 Å². The summed E-state index contributed by atoms with van der Waals surface area (Å²) in [7, 11) is 0. The molecule has 6 heteroatoms. The smallest absolute Gasteiger partial charge is 0.185 e. The fourth-order valence-electron chi connectivity index (χ4n) is 1.72. The van der Waals surface area contributed by atoms with Crippen LogP contribution in [0.4, 0.5) is 14.5 Å². The van der Waals surface area contributed by atoms with Crippen molar-refractivity contribution >= 4 is 23.0 Å². The van der Waals surface area contributed by atoms with Crippen LogP contribution in [-0.4, -0.2) is 11.7 Å². The highest BCUT2D eigenvalue weighted by molar-refractivity contribution is 7.80. The van der Waals surface area contributed by atoms with Crippen LogP contribution >= 0.6 is 12.2 Å². The van der Waals surface area contributed by atoms with Gasteiger partial charge >= 0.3 is 0 Å². The quantitative estimate of drug-likeness (QED) is 0.586. The van der Waals surface area contributed by atoms with Gasteiger partial charge in [0, 0.05) is 12.6 Å². The largest absolute Gasteiger partial charge is 0.361 e. The normalized spacial score (nSPS) is 10.0. The van der Waals surface area contributed by atoms with Gasteiger partial charge in [0.2, 0.25) is 0 Å². The van der Waals surface area contributed by atoms with E-state index in [2.05, 4.69) is 16.2 Å². The number of hydrogen-bond donors (Lipinski definition) is 3. The van der Waals surface area contributed by atoms with E-state index in [0.717, 1.165) is 12.5 Å². The number of benzene rings is 2. The monoisotopic (exact) mass is 307 g/mol. The van der Waals surface area contributed by atoms with E-state index in [0.29, 0.717) is 11.7 Å². The molecule has 2 rings (SSSR count). The number of anilines is 1. The predicted octanol–water partition coefficient (Wildman–Crippen LogP) is 3.00. The predicted molar refractivity (Wildman–Crippen MR) is 83.9 cm³/mol. The molecule has 0 bridgehead atoms. The van der Waals surface area contributed by atoms with Crippen molar-refractivity contribution in [1.82, 2.24) is 10.7 Å². The summed E-state index contributed by atoms with van der Waals surface area (Å²) in [5.41, 5.74) is 6.57. The Morgan fingerprint density at radius 3 is 2.52 bits per heavy atom. The van der Waals surface area contributed by atoms with Gasteiger partial charge in [-0.3, -0.25) is 10.9 Å². The maximum absolute atomic E-state index is 13.4. The van der Waals surface area contributed by atoms with Crippen molar-refractivity contribution in [2.45, 2.75) is 6.42 Å². The molecule has 0 saturated carbocycles. The second-order valence-corrected chi connectivity index (χ2v) is 4.77. The zero-order chi connectivity index (χ0) is 15.1. The zero-order valence-electron chi connectivity index (χ0n) is 11.2. The van der Waals surface area contributed by atoms with Crippen LogP contribution in [0.25, 0.3) is 0 Å². The topological polar surface area (TPSA) is 36.1 Å². The second kappa shape index (κ2) is 7.54. The third-order valence-corrected chi connectivity index (χ3v) is 3.03. The van der Waals surface area contributed by atoms with Gasteiger partial charge < -0.3 is 5.32 Å². The van der Waals surface area contributed by atoms with E-state index in [1.807, 2.05) is 30.3 Å². The summed E-state index contributed by atoms with van der Waals surface area (Å²) < 4.78 is 26.1. The minimum atomic E-state index is -0.686. The Kier molecular flexibility index (Phi) is 5.45. The minimum absolute atomic E-state index is 0.128. The molecule has 0 aliphatic carbocycles. The van der Waals surface area contributed by atoms with Crippen molar-refractivity contribution in [2.24, 2.45) is 0 Å². The molecule has 0 aliphatic heterocycles. The van der Waals surface area contributed by atoms with Crippen molar-refractivity contribution in [1.29, 1.82) is 0 Å². The van der Waals surface area contributed by atoms with Gasteiger partial charge in [-0.15, -0.1) is 0 Å². The Balaban J connectivity index is 1.72. The van der Waals surface area contributed by atoms with Crippen molar-refractivity contribution < 1.29 is 8.78 Å². The van der Waals surface area contributed by atoms with Gasteiger partial charge in [-0.2, -0.15) is 0 Å². The van der Waals surface area contributed by atoms with Gasteiger partial charge in [-0.05, 0) is 36.3 Å². The van der Waals surface area contributed by atoms with E-state index in [-0.39, 0.29) is 5.69 Å². The fraction of sp³-hybridized carbons (Fsp3) is 0.133. The number of rotatable bonds is 5. The Morgan fingerprint density at radius 1 is 1.05 bits per heavy atom. The summed E-state index contributed by atoms with van der Waals surface area (Å²) in [5.74, 6) is -1.31. The Hall–Kier alpha value is -2.21. The molecule has 0 unspecified atom stereocenters. The number of thiocarbonyl (C=S) groups is 1. The van der Waals surface area contributed by atoms with Gasteiger partial charge in [0.15, 0.2) is 10.9 Å². The first-order valence-corrected chi connectivity index (χ1v) is 6.85. The van der Waals surface area contributed by atoms with Gasteiger partial charge in [0.05, 0.1) is 5.69 Å². The molecule has 0 radical (unpaired) electrons. The number of hydrogen-bond acceptors (Lipinski definition) is 2. The number of hydrazine groups is 1. The first-order valence-electron chi connectivity index (χ1n) is 6.44. The molecule has 0 atom stereocenters. The van der Waals surface area contributed by atoms with E-state index >= 15 is 0 Å². The van der Waals surface area contributed by atoms with E-state index in [1.165, 1.54) is 17.7 Å². The summed E-state index contributed by atoms with van der Waals surface area (Å²) in [5, 5.41) is 3.34. The molecular formula is C15H15F2N3S. The van der Waals surface area contributed by atoms with Gasteiger partial charge in [0.1, 0.15) is 5.82 Å². The molecule has 3 nitrogen and oxygen atoms in total. The molecule has 0 aromatic heterocycles. The van der Waals surface area contributed by atoms with Crippen LogP contribution in [0, 0.1) is 11.6 Å². The standard InChI is InChI=1S/C15H15F2N3S/c16-12-6-7-14(13(17)10-12)19-20-15(21)18-9-8-11-4-2-1-3-5-11/h1-7,10,19H,8-9H2,(H2,18,20,21). The summed E-state index contributed by atoms with van der Waals surface area (Å²) >= 11 is 5.06.